The molecule has 0 aliphatic carbocycles. The Kier molecular flexibility index (Phi) is 5.89. The summed E-state index contributed by atoms with van der Waals surface area (Å²) in [6.07, 6.45) is 0. The number of anilines is 1. The van der Waals surface area contributed by atoms with Crippen LogP contribution in [0.4, 0.5) is 14.9 Å². The zero-order chi connectivity index (χ0) is 19.1. The summed E-state index contributed by atoms with van der Waals surface area (Å²) in [4.78, 5) is 12.0. The quantitative estimate of drug-likeness (QED) is 0.649. The van der Waals surface area contributed by atoms with Crippen LogP contribution in [0.2, 0.25) is 0 Å². The van der Waals surface area contributed by atoms with Gasteiger partial charge in [0.25, 0.3) is 0 Å². The molecule has 0 aliphatic heterocycles. The van der Waals surface area contributed by atoms with E-state index >= 15 is 0 Å². The Bertz CT molecular complexity index is 896. The summed E-state index contributed by atoms with van der Waals surface area (Å²) in [6, 6.07) is 19.9. The lowest BCUT2D eigenvalue weighted by atomic mass is 10.2. The average molecular weight is 366 g/mol. The molecule has 0 saturated heterocycles. The van der Waals surface area contributed by atoms with Crippen LogP contribution in [0.25, 0.3) is 0 Å². The third-order valence-corrected chi connectivity index (χ3v) is 3.75. The molecule has 0 bridgehead atoms. The number of hydrogen-bond donors (Lipinski definition) is 2. The second-order valence-corrected chi connectivity index (χ2v) is 5.74. The van der Waals surface area contributed by atoms with Gasteiger partial charge in [0.05, 0.1) is 7.11 Å². The molecule has 0 unspecified atom stereocenters. The van der Waals surface area contributed by atoms with Crippen LogP contribution in [-0.4, -0.2) is 13.1 Å². The summed E-state index contributed by atoms with van der Waals surface area (Å²) in [7, 11) is 1.59. The van der Waals surface area contributed by atoms with Gasteiger partial charge in [0.1, 0.15) is 23.1 Å². The molecular formula is C21H19FN2O3. The highest BCUT2D eigenvalue weighted by Crippen LogP contribution is 2.22. The number of benzene rings is 3. The van der Waals surface area contributed by atoms with Gasteiger partial charge < -0.3 is 20.1 Å². The predicted octanol–water partition coefficient (Wildman–Crippen LogP) is 4.95. The van der Waals surface area contributed by atoms with E-state index in [0.29, 0.717) is 23.7 Å². The Hall–Kier alpha value is -3.54. The van der Waals surface area contributed by atoms with Gasteiger partial charge in [0.15, 0.2) is 0 Å². The van der Waals surface area contributed by atoms with Gasteiger partial charge in [-0.25, -0.2) is 9.18 Å². The van der Waals surface area contributed by atoms with Gasteiger partial charge in [-0.1, -0.05) is 12.1 Å². The van der Waals surface area contributed by atoms with Crippen molar-refractivity contribution in [3.8, 4) is 17.2 Å². The molecule has 0 aliphatic rings. The highest BCUT2D eigenvalue weighted by atomic mass is 19.1. The normalized spacial score (nSPS) is 10.1. The van der Waals surface area contributed by atoms with Crippen molar-refractivity contribution >= 4 is 11.7 Å². The molecule has 3 rings (SSSR count). The lowest BCUT2D eigenvalue weighted by Gasteiger charge is -2.10. The maximum atomic E-state index is 13.0. The maximum absolute atomic E-state index is 13.0. The van der Waals surface area contributed by atoms with Crippen molar-refractivity contribution in [2.24, 2.45) is 0 Å². The van der Waals surface area contributed by atoms with Gasteiger partial charge >= 0.3 is 6.03 Å². The maximum Gasteiger partial charge on any atom is 0.319 e. The first-order valence-electron chi connectivity index (χ1n) is 8.33. The first kappa shape index (κ1) is 18.3. The Labute approximate surface area is 156 Å². The summed E-state index contributed by atoms with van der Waals surface area (Å²) in [5, 5.41) is 5.54. The number of hydrogen-bond acceptors (Lipinski definition) is 3. The fraction of sp³-hybridized carbons (Fsp3) is 0.0952. The summed E-state index contributed by atoms with van der Waals surface area (Å²) < 4.78 is 23.7. The highest BCUT2D eigenvalue weighted by molar-refractivity contribution is 5.89. The monoisotopic (exact) mass is 366 g/mol. The van der Waals surface area contributed by atoms with Crippen LogP contribution >= 0.6 is 0 Å². The molecule has 3 aromatic carbocycles. The minimum Gasteiger partial charge on any atom is -0.497 e. The standard InChI is InChI=1S/C21H19FN2O3/c1-26-18-11-7-17(8-12-18)24-21(25)23-14-15-3-2-4-20(13-15)27-19-9-5-16(22)6-10-19/h2-13H,14H2,1H3,(H2,23,24,25). The van der Waals surface area contributed by atoms with Crippen LogP contribution in [0.5, 0.6) is 17.2 Å². The zero-order valence-electron chi connectivity index (χ0n) is 14.7. The van der Waals surface area contributed by atoms with E-state index < -0.39 is 0 Å². The van der Waals surface area contributed by atoms with Crippen molar-refractivity contribution in [2.75, 3.05) is 12.4 Å². The Morgan fingerprint density at radius 3 is 2.33 bits per heavy atom. The molecule has 2 amide bonds. The number of methoxy groups -OCH3 is 1. The fourth-order valence-corrected chi connectivity index (χ4v) is 2.39. The van der Waals surface area contributed by atoms with E-state index in [4.69, 9.17) is 9.47 Å². The van der Waals surface area contributed by atoms with Gasteiger partial charge in [-0.15, -0.1) is 0 Å². The number of rotatable bonds is 6. The molecule has 5 nitrogen and oxygen atoms in total. The van der Waals surface area contributed by atoms with E-state index in [2.05, 4.69) is 10.6 Å². The SMILES string of the molecule is COc1ccc(NC(=O)NCc2cccc(Oc3ccc(F)cc3)c2)cc1. The molecular weight excluding hydrogens is 347 g/mol. The predicted molar refractivity (Wildman–Crippen MR) is 102 cm³/mol. The van der Waals surface area contributed by atoms with Crippen molar-refractivity contribution < 1.29 is 18.7 Å². The van der Waals surface area contributed by atoms with Crippen molar-refractivity contribution in [3.63, 3.8) is 0 Å². The molecule has 0 saturated carbocycles. The van der Waals surface area contributed by atoms with Crippen molar-refractivity contribution in [2.45, 2.75) is 6.54 Å². The highest BCUT2D eigenvalue weighted by Gasteiger charge is 2.04. The smallest absolute Gasteiger partial charge is 0.319 e. The van der Waals surface area contributed by atoms with Crippen LogP contribution in [0.15, 0.2) is 72.8 Å². The van der Waals surface area contributed by atoms with Gasteiger partial charge in [-0.3, -0.25) is 0 Å². The Morgan fingerprint density at radius 1 is 0.926 bits per heavy atom. The molecule has 0 spiro atoms. The molecule has 6 heteroatoms. The molecule has 2 N–H and O–H groups in total. The summed E-state index contributed by atoms with van der Waals surface area (Å²) in [5.41, 5.74) is 1.54. The van der Waals surface area contributed by atoms with E-state index in [1.165, 1.54) is 12.1 Å². The topological polar surface area (TPSA) is 59.6 Å². The van der Waals surface area contributed by atoms with E-state index in [1.54, 1.807) is 49.6 Å². The molecule has 138 valence electrons. The Morgan fingerprint density at radius 2 is 1.63 bits per heavy atom. The van der Waals surface area contributed by atoms with E-state index in [9.17, 15) is 9.18 Å². The van der Waals surface area contributed by atoms with Crippen LogP contribution in [0.1, 0.15) is 5.56 Å². The first-order valence-corrected chi connectivity index (χ1v) is 8.33. The third-order valence-electron chi connectivity index (χ3n) is 3.75. The molecule has 0 atom stereocenters. The number of urea groups is 1. The minimum absolute atomic E-state index is 0.315. The van der Waals surface area contributed by atoms with Crippen LogP contribution in [0.3, 0.4) is 0 Å². The van der Waals surface area contributed by atoms with Crippen molar-refractivity contribution in [1.82, 2.24) is 5.32 Å². The largest absolute Gasteiger partial charge is 0.497 e. The number of amides is 2. The van der Waals surface area contributed by atoms with Crippen LogP contribution in [-0.2, 0) is 6.54 Å². The molecule has 3 aromatic rings. The average Bonchev–Trinajstić information content (AvgIpc) is 2.69. The van der Waals surface area contributed by atoms with E-state index in [-0.39, 0.29) is 11.8 Å². The Balaban J connectivity index is 1.54. The number of carbonyl (C=O) groups excluding carboxylic acids is 1. The first-order chi connectivity index (χ1) is 13.1. The number of halogens is 1. The number of ether oxygens (including phenoxy) is 2. The number of nitrogens with one attached hydrogen (secondary N) is 2. The lowest BCUT2D eigenvalue weighted by molar-refractivity contribution is 0.251. The molecule has 0 radical (unpaired) electrons. The van der Waals surface area contributed by atoms with Crippen LogP contribution in [0, 0.1) is 5.82 Å². The number of carbonyl (C=O) groups is 1. The van der Waals surface area contributed by atoms with Gasteiger partial charge in [0, 0.05) is 12.2 Å². The second-order valence-electron chi connectivity index (χ2n) is 5.74. The van der Waals surface area contributed by atoms with Gasteiger partial charge in [-0.2, -0.15) is 0 Å². The van der Waals surface area contributed by atoms with Gasteiger partial charge in [-0.05, 0) is 66.2 Å². The third kappa shape index (κ3) is 5.47. The zero-order valence-corrected chi connectivity index (χ0v) is 14.7. The summed E-state index contributed by atoms with van der Waals surface area (Å²) >= 11 is 0. The molecule has 0 fully saturated rings. The summed E-state index contributed by atoms with van der Waals surface area (Å²) in [6.45, 7) is 0.336. The fourth-order valence-electron chi connectivity index (χ4n) is 2.39. The van der Waals surface area contributed by atoms with Crippen molar-refractivity contribution in [1.29, 1.82) is 0 Å². The molecule has 0 heterocycles. The molecule has 27 heavy (non-hydrogen) atoms. The molecule has 0 aromatic heterocycles. The van der Waals surface area contributed by atoms with E-state index in [1.807, 2.05) is 18.2 Å². The summed E-state index contributed by atoms with van der Waals surface area (Å²) in [5.74, 6) is 1.55. The van der Waals surface area contributed by atoms with Crippen LogP contribution < -0.4 is 20.1 Å². The second kappa shape index (κ2) is 8.71. The minimum atomic E-state index is -0.317. The van der Waals surface area contributed by atoms with Gasteiger partial charge in [0.2, 0.25) is 0 Å². The van der Waals surface area contributed by atoms with E-state index in [0.717, 1.165) is 11.3 Å². The van der Waals surface area contributed by atoms with Crippen molar-refractivity contribution in [3.05, 3.63) is 84.2 Å². The lowest BCUT2D eigenvalue weighted by Crippen LogP contribution is -2.28.